The number of hydrogen-bond acceptors (Lipinski definition) is 3. The van der Waals surface area contributed by atoms with Gasteiger partial charge in [0.15, 0.2) is 0 Å². The molecule has 1 aromatic carbocycles. The largest absolute Gasteiger partial charge is 0.500 e. The van der Waals surface area contributed by atoms with E-state index in [0.717, 1.165) is 23.5 Å². The van der Waals surface area contributed by atoms with Crippen LogP contribution in [0.1, 0.15) is 18.9 Å². The van der Waals surface area contributed by atoms with Gasteiger partial charge in [-0.3, -0.25) is 0 Å². The molecule has 1 aliphatic rings. The molecule has 0 saturated heterocycles. The van der Waals surface area contributed by atoms with Gasteiger partial charge in [0.1, 0.15) is 16.9 Å². The van der Waals surface area contributed by atoms with Crippen molar-refractivity contribution >= 4 is 0 Å². The number of benzene rings is 1. The van der Waals surface area contributed by atoms with E-state index in [-0.39, 0.29) is 5.41 Å². The highest BCUT2D eigenvalue weighted by Gasteiger charge is 2.38. The molecule has 3 nitrogen and oxygen atoms in total. The number of ether oxygens (including phenoxy) is 3. The SMILES string of the molecule is COC1=CCC=C(OC)C1(C)COCc1ccccc1. The third-order valence-corrected chi connectivity index (χ3v) is 3.64. The molecule has 0 saturated carbocycles. The van der Waals surface area contributed by atoms with E-state index in [1.165, 1.54) is 0 Å². The standard InChI is InChI=1S/C17H22O3/c1-17(13-20-12-14-8-5-4-6-9-14)15(18-2)10-7-11-16(17)19-3/h4-6,8-11H,7,12-13H2,1-3H3. The number of rotatable bonds is 6. The summed E-state index contributed by atoms with van der Waals surface area (Å²) in [6, 6.07) is 10.2. The Hall–Kier alpha value is -1.74. The molecule has 2 rings (SSSR count). The second kappa shape index (κ2) is 6.62. The number of methoxy groups -OCH3 is 2. The smallest absolute Gasteiger partial charge is 0.108 e. The topological polar surface area (TPSA) is 27.7 Å². The van der Waals surface area contributed by atoms with Gasteiger partial charge < -0.3 is 14.2 Å². The van der Waals surface area contributed by atoms with E-state index in [1.807, 2.05) is 18.2 Å². The van der Waals surface area contributed by atoms with Crippen LogP contribution >= 0.6 is 0 Å². The van der Waals surface area contributed by atoms with Crippen molar-refractivity contribution in [3.63, 3.8) is 0 Å². The summed E-state index contributed by atoms with van der Waals surface area (Å²) in [5.41, 5.74) is 0.814. The zero-order valence-corrected chi connectivity index (χ0v) is 12.4. The summed E-state index contributed by atoms with van der Waals surface area (Å²) in [5.74, 6) is 1.81. The average molecular weight is 274 g/mol. The zero-order valence-electron chi connectivity index (χ0n) is 12.4. The monoisotopic (exact) mass is 274 g/mol. The Morgan fingerprint density at radius 2 is 1.60 bits per heavy atom. The van der Waals surface area contributed by atoms with E-state index in [4.69, 9.17) is 14.2 Å². The maximum absolute atomic E-state index is 5.88. The molecule has 20 heavy (non-hydrogen) atoms. The minimum atomic E-state index is -0.351. The van der Waals surface area contributed by atoms with Crippen LogP contribution in [0, 0.1) is 5.41 Å². The molecule has 0 N–H and O–H groups in total. The lowest BCUT2D eigenvalue weighted by atomic mass is 9.82. The quantitative estimate of drug-likeness (QED) is 0.792. The summed E-state index contributed by atoms with van der Waals surface area (Å²) in [6.45, 7) is 3.20. The summed E-state index contributed by atoms with van der Waals surface area (Å²) in [5, 5.41) is 0. The zero-order chi connectivity index (χ0) is 14.4. The first kappa shape index (κ1) is 14.7. The number of allylic oxidation sites excluding steroid dienone is 2. The molecule has 0 atom stereocenters. The Morgan fingerprint density at radius 3 is 2.15 bits per heavy atom. The van der Waals surface area contributed by atoms with Crippen LogP contribution in [0.4, 0.5) is 0 Å². The van der Waals surface area contributed by atoms with Crippen molar-refractivity contribution in [3.05, 3.63) is 59.6 Å². The minimum Gasteiger partial charge on any atom is -0.500 e. The van der Waals surface area contributed by atoms with Gasteiger partial charge in [-0.25, -0.2) is 0 Å². The lowest BCUT2D eigenvalue weighted by Crippen LogP contribution is -2.31. The highest BCUT2D eigenvalue weighted by molar-refractivity contribution is 5.27. The van der Waals surface area contributed by atoms with E-state index in [2.05, 4.69) is 31.2 Å². The lowest BCUT2D eigenvalue weighted by Gasteiger charge is -2.34. The Kier molecular flexibility index (Phi) is 4.85. The molecule has 0 heterocycles. The van der Waals surface area contributed by atoms with Crippen molar-refractivity contribution in [1.82, 2.24) is 0 Å². The van der Waals surface area contributed by atoms with Crippen LogP contribution in [-0.4, -0.2) is 20.8 Å². The molecular formula is C17H22O3. The van der Waals surface area contributed by atoms with E-state index < -0.39 is 0 Å². The van der Waals surface area contributed by atoms with Gasteiger partial charge in [0.2, 0.25) is 0 Å². The van der Waals surface area contributed by atoms with Crippen LogP contribution in [0.5, 0.6) is 0 Å². The van der Waals surface area contributed by atoms with Gasteiger partial charge in [-0.2, -0.15) is 0 Å². The van der Waals surface area contributed by atoms with Crippen LogP contribution in [0.15, 0.2) is 54.0 Å². The molecule has 1 aliphatic carbocycles. The van der Waals surface area contributed by atoms with Crippen LogP contribution < -0.4 is 0 Å². The van der Waals surface area contributed by atoms with Crippen molar-refractivity contribution in [2.24, 2.45) is 5.41 Å². The fraction of sp³-hybridized carbons (Fsp3) is 0.412. The predicted octanol–water partition coefficient (Wildman–Crippen LogP) is 3.67. The average Bonchev–Trinajstić information content (AvgIpc) is 2.48. The molecule has 0 radical (unpaired) electrons. The van der Waals surface area contributed by atoms with Gasteiger partial charge in [-0.05, 0) is 31.1 Å². The summed E-state index contributed by atoms with van der Waals surface area (Å²) in [6.07, 6.45) is 4.99. The first-order chi connectivity index (χ1) is 9.70. The van der Waals surface area contributed by atoms with Gasteiger partial charge in [0.05, 0.1) is 27.4 Å². The summed E-state index contributed by atoms with van der Waals surface area (Å²) < 4.78 is 16.9. The van der Waals surface area contributed by atoms with Crippen molar-refractivity contribution in [2.45, 2.75) is 20.0 Å². The highest BCUT2D eigenvalue weighted by atomic mass is 16.5. The lowest BCUT2D eigenvalue weighted by molar-refractivity contribution is 0.0212. The summed E-state index contributed by atoms with van der Waals surface area (Å²) >= 11 is 0. The fourth-order valence-corrected chi connectivity index (χ4v) is 2.55. The normalized spacial score (nSPS) is 17.1. The molecule has 108 valence electrons. The van der Waals surface area contributed by atoms with Gasteiger partial charge >= 0.3 is 0 Å². The van der Waals surface area contributed by atoms with Crippen LogP contribution in [0.3, 0.4) is 0 Å². The van der Waals surface area contributed by atoms with Crippen molar-refractivity contribution < 1.29 is 14.2 Å². The third-order valence-electron chi connectivity index (χ3n) is 3.64. The molecule has 0 aliphatic heterocycles. The molecule has 0 amide bonds. The van der Waals surface area contributed by atoms with Gasteiger partial charge in [0, 0.05) is 0 Å². The van der Waals surface area contributed by atoms with Gasteiger partial charge in [-0.15, -0.1) is 0 Å². The molecule has 0 bridgehead atoms. The van der Waals surface area contributed by atoms with Gasteiger partial charge in [0.25, 0.3) is 0 Å². The second-order valence-corrected chi connectivity index (χ2v) is 5.09. The molecule has 0 unspecified atom stereocenters. The predicted molar refractivity (Wildman–Crippen MR) is 79.0 cm³/mol. The van der Waals surface area contributed by atoms with Crippen molar-refractivity contribution in [1.29, 1.82) is 0 Å². The van der Waals surface area contributed by atoms with Crippen LogP contribution in [-0.2, 0) is 20.8 Å². The first-order valence-corrected chi connectivity index (χ1v) is 6.81. The Bertz CT molecular complexity index is 468. The van der Waals surface area contributed by atoms with E-state index in [1.54, 1.807) is 14.2 Å². The van der Waals surface area contributed by atoms with E-state index in [9.17, 15) is 0 Å². The molecule has 0 spiro atoms. The van der Waals surface area contributed by atoms with Crippen molar-refractivity contribution in [2.75, 3.05) is 20.8 Å². The molecular weight excluding hydrogens is 252 g/mol. The maximum Gasteiger partial charge on any atom is 0.108 e. The maximum atomic E-state index is 5.88. The van der Waals surface area contributed by atoms with E-state index >= 15 is 0 Å². The van der Waals surface area contributed by atoms with E-state index in [0.29, 0.717) is 13.2 Å². The number of hydrogen-bond donors (Lipinski definition) is 0. The first-order valence-electron chi connectivity index (χ1n) is 6.81. The fourth-order valence-electron chi connectivity index (χ4n) is 2.55. The Morgan fingerprint density at radius 1 is 1.00 bits per heavy atom. The van der Waals surface area contributed by atoms with Crippen LogP contribution in [0.25, 0.3) is 0 Å². The van der Waals surface area contributed by atoms with Gasteiger partial charge in [-0.1, -0.05) is 30.3 Å². The highest BCUT2D eigenvalue weighted by Crippen LogP contribution is 2.39. The molecule has 0 fully saturated rings. The summed E-state index contributed by atoms with van der Waals surface area (Å²) in [7, 11) is 3.39. The second-order valence-electron chi connectivity index (χ2n) is 5.09. The minimum absolute atomic E-state index is 0.351. The van der Waals surface area contributed by atoms with Crippen molar-refractivity contribution in [3.8, 4) is 0 Å². The Labute approximate surface area is 120 Å². The molecule has 0 aromatic heterocycles. The molecule has 3 heteroatoms. The third kappa shape index (κ3) is 3.05. The molecule has 1 aromatic rings. The Balaban J connectivity index is 2.02. The summed E-state index contributed by atoms with van der Waals surface area (Å²) in [4.78, 5) is 0. The van der Waals surface area contributed by atoms with Crippen LogP contribution in [0.2, 0.25) is 0 Å².